The van der Waals surface area contributed by atoms with Crippen LogP contribution >= 0.6 is 23.1 Å². The highest BCUT2D eigenvalue weighted by molar-refractivity contribution is 8.00. The van der Waals surface area contributed by atoms with E-state index in [4.69, 9.17) is 4.42 Å². The first-order valence-electron chi connectivity index (χ1n) is 9.16. The van der Waals surface area contributed by atoms with Gasteiger partial charge in [0.15, 0.2) is 15.6 Å². The molecular formula is C22H19NO4S3. The first kappa shape index (κ1) is 20.7. The molecule has 154 valence electrons. The lowest BCUT2D eigenvalue weighted by molar-refractivity contribution is 0.0924. The maximum Gasteiger partial charge on any atom is 0.287 e. The predicted octanol–water partition coefficient (Wildman–Crippen LogP) is 5.12. The predicted molar refractivity (Wildman–Crippen MR) is 121 cm³/mol. The van der Waals surface area contributed by atoms with Crippen molar-refractivity contribution >= 4 is 49.8 Å². The summed E-state index contributed by atoms with van der Waals surface area (Å²) < 4.78 is 30.2. The third kappa shape index (κ3) is 4.61. The monoisotopic (exact) mass is 457 g/mol. The molecule has 2 heterocycles. The lowest BCUT2D eigenvalue weighted by atomic mass is 10.1. The fourth-order valence-corrected chi connectivity index (χ4v) is 5.47. The quantitative estimate of drug-likeness (QED) is 0.390. The highest BCUT2D eigenvalue weighted by Crippen LogP contribution is 2.33. The molecule has 0 unspecified atom stereocenters. The third-order valence-corrected chi connectivity index (χ3v) is 7.85. The minimum atomic E-state index is -3.24. The summed E-state index contributed by atoms with van der Waals surface area (Å²) in [5.74, 6) is 0.650. The Bertz CT molecular complexity index is 1270. The summed E-state index contributed by atoms with van der Waals surface area (Å²) in [6, 6.07) is 18.2. The zero-order chi connectivity index (χ0) is 21.1. The fourth-order valence-electron chi connectivity index (χ4n) is 3.03. The number of nitrogens with one attached hydrogen (secondary N) is 1. The zero-order valence-corrected chi connectivity index (χ0v) is 18.6. The number of thiophene rings is 1. The zero-order valence-electron chi connectivity index (χ0n) is 16.1. The Kier molecular flexibility index (Phi) is 5.99. The first-order chi connectivity index (χ1) is 14.4. The molecule has 1 N–H and O–H groups in total. The molecule has 0 saturated carbocycles. The van der Waals surface area contributed by atoms with Gasteiger partial charge in [0.1, 0.15) is 5.58 Å². The van der Waals surface area contributed by atoms with E-state index in [2.05, 4.69) is 11.4 Å². The number of thioether (sulfide) groups is 1. The summed E-state index contributed by atoms with van der Waals surface area (Å²) in [7, 11) is -3.24. The second kappa shape index (κ2) is 8.67. The van der Waals surface area contributed by atoms with Crippen molar-refractivity contribution < 1.29 is 17.6 Å². The van der Waals surface area contributed by atoms with E-state index in [1.807, 2.05) is 35.7 Å². The molecule has 0 saturated heterocycles. The van der Waals surface area contributed by atoms with Gasteiger partial charge in [-0.15, -0.1) is 23.1 Å². The Hall–Kier alpha value is -2.55. The van der Waals surface area contributed by atoms with Crippen molar-refractivity contribution in [3.63, 3.8) is 0 Å². The molecular weight excluding hydrogens is 438 g/mol. The van der Waals surface area contributed by atoms with Gasteiger partial charge < -0.3 is 9.73 Å². The van der Waals surface area contributed by atoms with Crippen LogP contribution in [0.2, 0.25) is 0 Å². The number of hydrogen-bond donors (Lipinski definition) is 1. The van der Waals surface area contributed by atoms with Crippen LogP contribution in [0.5, 0.6) is 0 Å². The Morgan fingerprint density at radius 3 is 2.53 bits per heavy atom. The summed E-state index contributed by atoms with van der Waals surface area (Å²) in [5.41, 5.74) is 2.36. The van der Waals surface area contributed by atoms with Crippen molar-refractivity contribution in [2.45, 2.75) is 21.4 Å². The van der Waals surface area contributed by atoms with E-state index in [9.17, 15) is 13.2 Å². The van der Waals surface area contributed by atoms with Crippen molar-refractivity contribution in [2.24, 2.45) is 0 Å². The maximum absolute atomic E-state index is 12.9. The molecule has 1 amide bonds. The fraction of sp³-hybridized carbons (Fsp3) is 0.136. The molecule has 2 aromatic heterocycles. The van der Waals surface area contributed by atoms with Crippen molar-refractivity contribution in [1.82, 2.24) is 5.32 Å². The third-order valence-electron chi connectivity index (χ3n) is 4.56. The van der Waals surface area contributed by atoms with Crippen LogP contribution in [0.1, 0.15) is 21.7 Å². The molecule has 0 fully saturated rings. The molecule has 0 radical (unpaired) electrons. The molecule has 0 aliphatic carbocycles. The summed E-state index contributed by atoms with van der Waals surface area (Å²) >= 11 is 3.33. The normalized spacial score (nSPS) is 11.6. The Morgan fingerprint density at radius 2 is 1.83 bits per heavy atom. The van der Waals surface area contributed by atoms with Crippen molar-refractivity contribution in [3.8, 4) is 0 Å². The van der Waals surface area contributed by atoms with Crippen molar-refractivity contribution in [1.29, 1.82) is 0 Å². The van der Waals surface area contributed by atoms with Crippen molar-refractivity contribution in [2.75, 3.05) is 6.26 Å². The highest BCUT2D eigenvalue weighted by Gasteiger charge is 2.20. The molecule has 0 aliphatic heterocycles. The van der Waals surface area contributed by atoms with Crippen molar-refractivity contribution in [3.05, 3.63) is 82.9 Å². The number of para-hydroxylation sites is 1. The number of furan rings is 1. The van der Waals surface area contributed by atoms with Crippen LogP contribution in [0.3, 0.4) is 0 Å². The summed E-state index contributed by atoms with van der Waals surface area (Å²) in [6.07, 6.45) is 1.17. The van der Waals surface area contributed by atoms with E-state index in [0.29, 0.717) is 17.1 Å². The molecule has 0 spiro atoms. The molecule has 8 heteroatoms. The van der Waals surface area contributed by atoms with E-state index in [1.165, 1.54) is 10.5 Å². The van der Waals surface area contributed by atoms with E-state index in [1.54, 1.807) is 47.4 Å². The Balaban J connectivity index is 1.53. The average Bonchev–Trinajstić information content (AvgIpc) is 3.38. The van der Waals surface area contributed by atoms with E-state index >= 15 is 0 Å². The number of carbonyl (C=O) groups excluding carboxylic acids is 1. The summed E-state index contributed by atoms with van der Waals surface area (Å²) in [4.78, 5) is 13.1. The molecule has 0 aliphatic rings. The van der Waals surface area contributed by atoms with Crippen LogP contribution in [-0.4, -0.2) is 20.6 Å². The minimum absolute atomic E-state index is 0.253. The number of rotatable bonds is 7. The van der Waals surface area contributed by atoms with Gasteiger partial charge in [-0.1, -0.05) is 36.4 Å². The smallest absolute Gasteiger partial charge is 0.287 e. The molecule has 4 rings (SSSR count). The molecule has 5 nitrogen and oxygen atoms in total. The average molecular weight is 458 g/mol. The van der Waals surface area contributed by atoms with Crippen LogP contribution in [0.4, 0.5) is 0 Å². The van der Waals surface area contributed by atoms with Crippen LogP contribution in [0, 0.1) is 0 Å². The van der Waals surface area contributed by atoms with Gasteiger partial charge in [-0.25, -0.2) is 8.42 Å². The molecule has 4 aromatic rings. The van der Waals surface area contributed by atoms with Crippen LogP contribution in [-0.2, 0) is 22.1 Å². The lowest BCUT2D eigenvalue weighted by Crippen LogP contribution is -2.23. The van der Waals surface area contributed by atoms with E-state index in [-0.39, 0.29) is 17.3 Å². The standard InChI is InChI=1S/C22H19NO4S3/c1-30(25,26)16-10-8-15(9-11-16)13-23-22(24)21-18(14-29-20-7-4-12-28-20)17-5-2-3-6-19(17)27-21/h2-12H,13-14H2,1H3,(H,23,24). The highest BCUT2D eigenvalue weighted by atomic mass is 32.2. The van der Waals surface area contributed by atoms with Gasteiger partial charge in [0.25, 0.3) is 5.91 Å². The Morgan fingerprint density at radius 1 is 1.07 bits per heavy atom. The number of benzene rings is 2. The number of carbonyl (C=O) groups is 1. The topological polar surface area (TPSA) is 76.4 Å². The van der Waals surface area contributed by atoms with Gasteiger partial charge in [-0.3, -0.25) is 4.79 Å². The largest absolute Gasteiger partial charge is 0.451 e. The molecule has 2 aromatic carbocycles. The Labute approximate surface area is 183 Å². The number of amides is 1. The SMILES string of the molecule is CS(=O)(=O)c1ccc(CNC(=O)c2oc3ccccc3c2CSc2cccs2)cc1. The molecule has 30 heavy (non-hydrogen) atoms. The summed E-state index contributed by atoms with van der Waals surface area (Å²) in [6.45, 7) is 0.275. The van der Waals surface area contributed by atoms with Gasteiger partial charge in [-0.2, -0.15) is 0 Å². The van der Waals surface area contributed by atoms with Crippen LogP contribution in [0.25, 0.3) is 11.0 Å². The van der Waals surface area contributed by atoms with Gasteiger partial charge in [-0.05, 0) is 35.2 Å². The van der Waals surface area contributed by atoms with Crippen LogP contribution < -0.4 is 5.32 Å². The van der Waals surface area contributed by atoms with Gasteiger partial charge in [0.05, 0.1) is 9.10 Å². The second-order valence-corrected chi connectivity index (χ2v) is 11.0. The van der Waals surface area contributed by atoms with Gasteiger partial charge in [0.2, 0.25) is 0 Å². The van der Waals surface area contributed by atoms with Crippen LogP contribution in [0.15, 0.2) is 79.6 Å². The van der Waals surface area contributed by atoms with Gasteiger partial charge >= 0.3 is 0 Å². The molecule has 0 atom stereocenters. The van der Waals surface area contributed by atoms with E-state index in [0.717, 1.165) is 16.5 Å². The number of fused-ring (bicyclic) bond motifs is 1. The number of sulfone groups is 1. The lowest BCUT2D eigenvalue weighted by Gasteiger charge is -2.06. The first-order valence-corrected chi connectivity index (χ1v) is 12.9. The van der Waals surface area contributed by atoms with E-state index < -0.39 is 9.84 Å². The second-order valence-electron chi connectivity index (χ2n) is 6.73. The number of hydrogen-bond acceptors (Lipinski definition) is 6. The minimum Gasteiger partial charge on any atom is -0.451 e. The summed E-state index contributed by atoms with van der Waals surface area (Å²) in [5, 5.41) is 5.84. The molecule has 0 bridgehead atoms. The maximum atomic E-state index is 12.9. The van der Waals surface area contributed by atoms with Gasteiger partial charge in [0, 0.05) is 29.5 Å².